The van der Waals surface area contributed by atoms with Gasteiger partial charge in [-0.15, -0.1) is 0 Å². The molecule has 0 atom stereocenters. The summed E-state index contributed by atoms with van der Waals surface area (Å²) in [6, 6.07) is 13.1. The van der Waals surface area contributed by atoms with Crippen molar-refractivity contribution in [3.05, 3.63) is 57.6 Å². The van der Waals surface area contributed by atoms with Crippen LogP contribution < -0.4 is 14.8 Å². The van der Waals surface area contributed by atoms with Crippen LogP contribution in [0.5, 0.6) is 11.5 Å². The molecule has 2 aromatic carbocycles. The molecule has 0 aliphatic heterocycles. The number of hydrogen-bond donors (Lipinski definition) is 1. The van der Waals surface area contributed by atoms with Crippen molar-refractivity contribution in [2.75, 3.05) is 7.11 Å². The van der Waals surface area contributed by atoms with Gasteiger partial charge < -0.3 is 14.8 Å². The van der Waals surface area contributed by atoms with Gasteiger partial charge in [-0.2, -0.15) is 0 Å². The highest BCUT2D eigenvalue weighted by molar-refractivity contribution is 9.10. The summed E-state index contributed by atoms with van der Waals surface area (Å²) in [7, 11) is 1.69. The topological polar surface area (TPSA) is 30.5 Å². The number of methoxy groups -OCH3 is 1. The van der Waals surface area contributed by atoms with Crippen LogP contribution in [0.1, 0.15) is 42.4 Å². The molecule has 0 spiro atoms. The molecule has 1 saturated carbocycles. The van der Waals surface area contributed by atoms with Gasteiger partial charge in [-0.3, -0.25) is 0 Å². The van der Waals surface area contributed by atoms with Gasteiger partial charge in [0.1, 0.15) is 6.61 Å². The van der Waals surface area contributed by atoms with Crippen LogP contribution in [0.2, 0.25) is 0 Å². The van der Waals surface area contributed by atoms with Crippen molar-refractivity contribution in [1.29, 1.82) is 0 Å². The molecule has 25 heavy (non-hydrogen) atoms. The van der Waals surface area contributed by atoms with Crippen molar-refractivity contribution in [1.82, 2.24) is 5.32 Å². The zero-order chi connectivity index (χ0) is 17.6. The summed E-state index contributed by atoms with van der Waals surface area (Å²) in [5, 5.41) is 3.64. The molecular formula is C21H26BrNO2. The first-order chi connectivity index (χ1) is 12.2. The average molecular weight is 404 g/mol. The highest BCUT2D eigenvalue weighted by atomic mass is 79.9. The van der Waals surface area contributed by atoms with Crippen molar-refractivity contribution in [2.45, 2.75) is 51.8 Å². The lowest BCUT2D eigenvalue weighted by atomic mass is 10.1. The van der Waals surface area contributed by atoms with Crippen LogP contribution in [0.25, 0.3) is 0 Å². The van der Waals surface area contributed by atoms with Gasteiger partial charge in [0.15, 0.2) is 11.5 Å². The maximum atomic E-state index is 6.07. The van der Waals surface area contributed by atoms with Crippen molar-refractivity contribution < 1.29 is 9.47 Å². The van der Waals surface area contributed by atoms with Gasteiger partial charge in [0, 0.05) is 12.6 Å². The molecule has 0 radical (unpaired) electrons. The molecule has 2 aromatic rings. The van der Waals surface area contributed by atoms with Crippen molar-refractivity contribution in [2.24, 2.45) is 0 Å². The predicted molar refractivity (Wildman–Crippen MR) is 105 cm³/mol. The van der Waals surface area contributed by atoms with Crippen molar-refractivity contribution >= 4 is 15.9 Å². The van der Waals surface area contributed by atoms with Crippen LogP contribution in [-0.2, 0) is 13.2 Å². The monoisotopic (exact) mass is 403 g/mol. The Labute approximate surface area is 158 Å². The zero-order valence-electron chi connectivity index (χ0n) is 15.0. The Kier molecular flexibility index (Phi) is 6.38. The summed E-state index contributed by atoms with van der Waals surface area (Å²) >= 11 is 3.65. The molecule has 0 amide bonds. The Bertz CT molecular complexity index is 711. The third kappa shape index (κ3) is 4.77. The number of ether oxygens (including phenoxy) is 2. The Hall–Kier alpha value is -1.52. The Balaban J connectivity index is 1.69. The van der Waals surface area contributed by atoms with E-state index in [1.165, 1.54) is 42.4 Å². The summed E-state index contributed by atoms with van der Waals surface area (Å²) in [6.45, 7) is 3.49. The molecule has 0 bridgehead atoms. The molecule has 3 nitrogen and oxygen atoms in total. The highest BCUT2D eigenvalue weighted by Crippen LogP contribution is 2.37. The molecule has 0 saturated heterocycles. The highest BCUT2D eigenvalue weighted by Gasteiger charge is 2.16. The van der Waals surface area contributed by atoms with E-state index in [0.29, 0.717) is 12.6 Å². The fourth-order valence-electron chi connectivity index (χ4n) is 3.33. The number of benzene rings is 2. The second-order valence-corrected chi connectivity index (χ2v) is 7.54. The fraction of sp³-hybridized carbons (Fsp3) is 0.429. The van der Waals surface area contributed by atoms with Crippen LogP contribution in [0.4, 0.5) is 0 Å². The van der Waals surface area contributed by atoms with E-state index < -0.39 is 0 Å². The number of rotatable bonds is 7. The molecule has 1 aliphatic carbocycles. The van der Waals surface area contributed by atoms with E-state index in [1.54, 1.807) is 7.11 Å². The van der Waals surface area contributed by atoms with E-state index >= 15 is 0 Å². The maximum Gasteiger partial charge on any atom is 0.175 e. The lowest BCUT2D eigenvalue weighted by Crippen LogP contribution is -2.25. The summed E-state index contributed by atoms with van der Waals surface area (Å²) in [5.41, 5.74) is 3.62. The Morgan fingerprint density at radius 1 is 1.16 bits per heavy atom. The lowest BCUT2D eigenvalue weighted by Gasteiger charge is -2.17. The number of aryl methyl sites for hydroxylation is 1. The third-order valence-corrected chi connectivity index (χ3v) is 5.46. The van der Waals surface area contributed by atoms with Gasteiger partial charge in [-0.25, -0.2) is 0 Å². The van der Waals surface area contributed by atoms with Gasteiger partial charge in [-0.05, 0) is 64.5 Å². The minimum atomic E-state index is 0.529. The maximum absolute atomic E-state index is 6.07. The molecule has 0 heterocycles. The van der Waals surface area contributed by atoms with Crippen LogP contribution in [0.15, 0.2) is 40.9 Å². The van der Waals surface area contributed by atoms with Crippen molar-refractivity contribution in [3.63, 3.8) is 0 Å². The second kappa shape index (κ2) is 8.72. The molecule has 4 heteroatoms. The molecular weight excluding hydrogens is 378 g/mol. The van der Waals surface area contributed by atoms with E-state index in [-0.39, 0.29) is 0 Å². The molecule has 1 fully saturated rings. The smallest absolute Gasteiger partial charge is 0.175 e. The quantitative estimate of drug-likeness (QED) is 0.672. The van der Waals surface area contributed by atoms with E-state index in [0.717, 1.165) is 22.5 Å². The summed E-state index contributed by atoms with van der Waals surface area (Å²) in [6.07, 6.45) is 5.26. The number of hydrogen-bond acceptors (Lipinski definition) is 3. The number of nitrogens with one attached hydrogen (secondary N) is 1. The number of halogens is 1. The van der Waals surface area contributed by atoms with Crippen LogP contribution in [-0.4, -0.2) is 13.2 Å². The zero-order valence-corrected chi connectivity index (χ0v) is 16.6. The van der Waals surface area contributed by atoms with Crippen LogP contribution >= 0.6 is 15.9 Å². The molecule has 1 aliphatic rings. The normalized spacial score (nSPS) is 14.7. The minimum absolute atomic E-state index is 0.529. The molecule has 1 N–H and O–H groups in total. The van der Waals surface area contributed by atoms with Gasteiger partial charge in [0.25, 0.3) is 0 Å². The first-order valence-corrected chi connectivity index (χ1v) is 9.74. The summed E-state index contributed by atoms with van der Waals surface area (Å²) in [4.78, 5) is 0. The molecule has 0 unspecified atom stereocenters. The molecule has 3 rings (SSSR count). The largest absolute Gasteiger partial charge is 0.493 e. The van der Waals surface area contributed by atoms with E-state index in [9.17, 15) is 0 Å². The average Bonchev–Trinajstić information content (AvgIpc) is 3.13. The van der Waals surface area contributed by atoms with Gasteiger partial charge in [0.05, 0.1) is 11.6 Å². The predicted octanol–water partition coefficient (Wildman–Crippen LogP) is 5.38. The SMILES string of the molecule is COc1cc(CNC2CCCC2)cc(Br)c1OCc1ccccc1C. The third-order valence-electron chi connectivity index (χ3n) is 4.87. The summed E-state index contributed by atoms with van der Waals surface area (Å²) < 4.78 is 12.6. The van der Waals surface area contributed by atoms with Crippen LogP contribution in [0.3, 0.4) is 0 Å². The van der Waals surface area contributed by atoms with Gasteiger partial charge in [-0.1, -0.05) is 37.1 Å². The first-order valence-electron chi connectivity index (χ1n) is 8.94. The standard InChI is InChI=1S/C21H26BrNO2/c1-15-7-3-4-8-17(15)14-25-21-19(22)11-16(12-20(21)24-2)13-23-18-9-5-6-10-18/h3-4,7-8,11-12,18,23H,5-6,9-10,13-14H2,1-2H3. The van der Waals surface area contributed by atoms with E-state index in [4.69, 9.17) is 9.47 Å². The molecule has 134 valence electrons. The van der Waals surface area contributed by atoms with Gasteiger partial charge >= 0.3 is 0 Å². The fourth-order valence-corrected chi connectivity index (χ4v) is 3.93. The van der Waals surface area contributed by atoms with Gasteiger partial charge in [0.2, 0.25) is 0 Å². The van der Waals surface area contributed by atoms with Crippen LogP contribution in [0, 0.1) is 6.92 Å². The summed E-state index contributed by atoms with van der Waals surface area (Å²) in [5.74, 6) is 1.53. The molecule has 0 aromatic heterocycles. The van der Waals surface area contributed by atoms with Crippen molar-refractivity contribution in [3.8, 4) is 11.5 Å². The lowest BCUT2D eigenvalue weighted by molar-refractivity contribution is 0.281. The first kappa shape index (κ1) is 18.3. The van der Waals surface area contributed by atoms with E-state index in [1.807, 2.05) is 12.1 Å². The second-order valence-electron chi connectivity index (χ2n) is 6.69. The van der Waals surface area contributed by atoms with E-state index in [2.05, 4.69) is 52.4 Å². The Morgan fingerprint density at radius 3 is 2.64 bits per heavy atom. The Morgan fingerprint density at radius 2 is 1.92 bits per heavy atom. The minimum Gasteiger partial charge on any atom is -0.493 e.